The van der Waals surface area contributed by atoms with Crippen LogP contribution in [0, 0.1) is 23.2 Å². The van der Waals surface area contributed by atoms with E-state index < -0.39 is 0 Å². The summed E-state index contributed by atoms with van der Waals surface area (Å²) >= 11 is 0. The van der Waals surface area contributed by atoms with E-state index in [-0.39, 0.29) is 41.0 Å². The van der Waals surface area contributed by atoms with Crippen molar-refractivity contribution in [3.8, 4) is 0 Å². The molecule has 0 amide bonds. The quantitative estimate of drug-likeness (QED) is 0.671. The zero-order chi connectivity index (χ0) is 17.2. The molecule has 0 bridgehead atoms. The summed E-state index contributed by atoms with van der Waals surface area (Å²) in [6.07, 6.45) is 6.53. The molecule has 5 nitrogen and oxygen atoms in total. The van der Waals surface area contributed by atoms with Gasteiger partial charge in [-0.05, 0) is 37.3 Å². The summed E-state index contributed by atoms with van der Waals surface area (Å²) < 4.78 is 17.6. The van der Waals surface area contributed by atoms with E-state index in [9.17, 15) is 4.79 Å². The van der Waals surface area contributed by atoms with Gasteiger partial charge in [0.25, 0.3) is 0 Å². The molecule has 1 aromatic rings. The van der Waals surface area contributed by atoms with Crippen LogP contribution >= 0.6 is 0 Å². The first-order chi connectivity index (χ1) is 12.1. The van der Waals surface area contributed by atoms with Crippen molar-refractivity contribution in [3.63, 3.8) is 0 Å². The summed E-state index contributed by atoms with van der Waals surface area (Å²) in [6.45, 7) is 5.95. The Kier molecular flexibility index (Phi) is 3.39. The molecular weight excluding hydrogens is 318 g/mol. The summed E-state index contributed by atoms with van der Waals surface area (Å²) in [5.74, 6) is 1.50. The molecule has 1 spiro atoms. The van der Waals surface area contributed by atoms with Crippen molar-refractivity contribution in [1.29, 1.82) is 0 Å². The fraction of sp³-hybridized carbons (Fsp3) is 0.750. The molecule has 0 radical (unpaired) electrons. The van der Waals surface area contributed by atoms with Gasteiger partial charge in [0.2, 0.25) is 0 Å². The van der Waals surface area contributed by atoms with Crippen molar-refractivity contribution in [3.05, 3.63) is 24.2 Å². The molecule has 5 rings (SSSR count). The SMILES string of the molecule is C[C@H]1CCC[C@]2(C)C[C@H]3OC(=O)[C@H](CNCc4ccco4)[C@H]3[C@@H]3O[C@]132. The molecule has 25 heavy (non-hydrogen) atoms. The molecule has 3 heterocycles. The van der Waals surface area contributed by atoms with E-state index in [1.54, 1.807) is 6.26 Å². The van der Waals surface area contributed by atoms with Gasteiger partial charge < -0.3 is 19.2 Å². The van der Waals surface area contributed by atoms with Gasteiger partial charge in [-0.3, -0.25) is 4.79 Å². The summed E-state index contributed by atoms with van der Waals surface area (Å²) in [4.78, 5) is 12.5. The fourth-order valence-electron chi connectivity index (χ4n) is 6.23. The first-order valence-electron chi connectivity index (χ1n) is 9.66. The third kappa shape index (κ3) is 2.12. The number of epoxide rings is 1. The topological polar surface area (TPSA) is 64.0 Å². The monoisotopic (exact) mass is 345 g/mol. The average molecular weight is 345 g/mol. The van der Waals surface area contributed by atoms with Gasteiger partial charge in [-0.15, -0.1) is 0 Å². The minimum absolute atomic E-state index is 0.0142. The third-order valence-electron chi connectivity index (χ3n) is 7.44. The number of furan rings is 1. The van der Waals surface area contributed by atoms with Gasteiger partial charge in [0.05, 0.1) is 24.8 Å². The Balaban J connectivity index is 1.33. The van der Waals surface area contributed by atoms with Gasteiger partial charge in [-0.1, -0.05) is 20.3 Å². The number of ether oxygens (including phenoxy) is 2. The van der Waals surface area contributed by atoms with E-state index in [1.165, 1.54) is 19.3 Å². The zero-order valence-electron chi connectivity index (χ0n) is 15.0. The van der Waals surface area contributed by atoms with Crippen molar-refractivity contribution in [1.82, 2.24) is 5.32 Å². The predicted octanol–water partition coefficient (Wildman–Crippen LogP) is 2.89. The Morgan fingerprint density at radius 1 is 1.40 bits per heavy atom. The van der Waals surface area contributed by atoms with Gasteiger partial charge in [-0.25, -0.2) is 0 Å². The third-order valence-corrected chi connectivity index (χ3v) is 7.44. The minimum atomic E-state index is -0.108. The molecule has 1 N–H and O–H groups in total. The Morgan fingerprint density at radius 2 is 2.28 bits per heavy atom. The first-order valence-corrected chi connectivity index (χ1v) is 9.66. The van der Waals surface area contributed by atoms with Crippen LogP contribution in [0.2, 0.25) is 0 Å². The van der Waals surface area contributed by atoms with E-state index in [4.69, 9.17) is 13.9 Å². The lowest BCUT2D eigenvalue weighted by Crippen LogP contribution is -2.54. The highest BCUT2D eigenvalue weighted by molar-refractivity contribution is 5.76. The number of fused-ring (bicyclic) bond motifs is 2. The van der Waals surface area contributed by atoms with E-state index >= 15 is 0 Å². The molecule has 2 aliphatic heterocycles. The van der Waals surface area contributed by atoms with Gasteiger partial charge in [-0.2, -0.15) is 0 Å². The van der Waals surface area contributed by atoms with Gasteiger partial charge in [0.15, 0.2) is 0 Å². The van der Waals surface area contributed by atoms with Crippen molar-refractivity contribution in [2.45, 2.75) is 63.9 Å². The highest BCUT2D eigenvalue weighted by Gasteiger charge is 2.78. The van der Waals surface area contributed by atoms with Crippen molar-refractivity contribution < 1.29 is 18.7 Å². The summed E-state index contributed by atoms with van der Waals surface area (Å²) in [7, 11) is 0. The van der Waals surface area contributed by atoms with Crippen molar-refractivity contribution in [2.75, 3.05) is 6.54 Å². The second kappa shape index (κ2) is 5.34. The standard InChI is InChI=1S/C20H27NO4/c1-12-5-3-7-19(2)9-15-16(17-20(12,19)25-17)14(18(22)24-15)11-21-10-13-6-4-8-23-13/h4,6,8,12,14-17,21H,3,5,7,9-11H2,1-2H3/t12-,14+,15+,16+,17-,19+,20+/m0/s1. The summed E-state index contributed by atoms with van der Waals surface area (Å²) in [5.41, 5.74) is 0.146. The number of hydrogen-bond acceptors (Lipinski definition) is 5. The first kappa shape index (κ1) is 15.9. The van der Waals surface area contributed by atoms with Crippen LogP contribution in [0.25, 0.3) is 0 Å². The molecule has 136 valence electrons. The number of esters is 1. The summed E-state index contributed by atoms with van der Waals surface area (Å²) in [5, 5.41) is 3.37. The smallest absolute Gasteiger partial charge is 0.311 e. The molecule has 0 aromatic carbocycles. The lowest BCUT2D eigenvalue weighted by Gasteiger charge is -2.48. The molecule has 2 saturated carbocycles. The summed E-state index contributed by atoms with van der Waals surface area (Å²) in [6, 6.07) is 3.82. The Hall–Kier alpha value is -1.33. The van der Waals surface area contributed by atoms with Crippen LogP contribution in [-0.2, 0) is 20.8 Å². The fourth-order valence-corrected chi connectivity index (χ4v) is 6.23. The molecule has 1 aromatic heterocycles. The molecular formula is C20H27NO4. The highest BCUT2D eigenvalue weighted by atomic mass is 16.6. The highest BCUT2D eigenvalue weighted by Crippen LogP contribution is 2.70. The van der Waals surface area contributed by atoms with Crippen molar-refractivity contribution >= 4 is 5.97 Å². The van der Waals surface area contributed by atoms with E-state index in [0.717, 1.165) is 12.2 Å². The largest absolute Gasteiger partial charge is 0.468 e. The Labute approximate surface area is 148 Å². The van der Waals surface area contributed by atoms with E-state index in [1.807, 2.05) is 12.1 Å². The maximum atomic E-state index is 12.5. The van der Waals surface area contributed by atoms with Crippen LogP contribution in [0.3, 0.4) is 0 Å². The number of carbonyl (C=O) groups is 1. The van der Waals surface area contributed by atoms with Gasteiger partial charge in [0.1, 0.15) is 17.5 Å². The second-order valence-electron chi connectivity index (χ2n) is 8.76. The van der Waals surface area contributed by atoms with Gasteiger partial charge in [0, 0.05) is 17.9 Å². The number of carbonyl (C=O) groups excluding carboxylic acids is 1. The predicted molar refractivity (Wildman–Crippen MR) is 90.6 cm³/mol. The van der Waals surface area contributed by atoms with Crippen LogP contribution in [0.4, 0.5) is 0 Å². The minimum Gasteiger partial charge on any atom is -0.468 e. The van der Waals surface area contributed by atoms with Crippen LogP contribution in [0.15, 0.2) is 22.8 Å². The molecule has 4 aliphatic rings. The number of hydrogen-bond donors (Lipinski definition) is 1. The lowest BCUT2D eigenvalue weighted by atomic mass is 9.53. The molecule has 5 heteroatoms. The second-order valence-corrected chi connectivity index (χ2v) is 8.76. The zero-order valence-corrected chi connectivity index (χ0v) is 15.0. The van der Waals surface area contributed by atoms with Crippen molar-refractivity contribution in [2.24, 2.45) is 23.2 Å². The van der Waals surface area contributed by atoms with Gasteiger partial charge >= 0.3 is 5.97 Å². The number of rotatable bonds is 4. The normalized spacial score (nSPS) is 47.6. The van der Waals surface area contributed by atoms with E-state index in [0.29, 0.717) is 19.0 Å². The maximum Gasteiger partial charge on any atom is 0.311 e. The lowest BCUT2D eigenvalue weighted by molar-refractivity contribution is -0.146. The molecule has 7 atom stereocenters. The molecule has 4 fully saturated rings. The number of nitrogens with one attached hydrogen (secondary N) is 1. The Bertz CT molecular complexity index is 673. The Morgan fingerprint density at radius 3 is 3.08 bits per heavy atom. The molecule has 2 saturated heterocycles. The van der Waals surface area contributed by atoms with Crippen LogP contribution in [-0.4, -0.2) is 30.3 Å². The maximum absolute atomic E-state index is 12.5. The van der Waals surface area contributed by atoms with Crippen LogP contribution in [0.5, 0.6) is 0 Å². The van der Waals surface area contributed by atoms with Crippen LogP contribution < -0.4 is 5.32 Å². The van der Waals surface area contributed by atoms with E-state index in [2.05, 4.69) is 19.2 Å². The molecule has 0 unspecified atom stereocenters. The molecule has 2 aliphatic carbocycles. The average Bonchev–Trinajstić information content (AvgIpc) is 2.97. The van der Waals surface area contributed by atoms with Crippen LogP contribution in [0.1, 0.15) is 45.3 Å².